The summed E-state index contributed by atoms with van der Waals surface area (Å²) >= 11 is 0. The van der Waals surface area contributed by atoms with Crippen molar-refractivity contribution >= 4 is 29.9 Å². The lowest BCUT2D eigenvalue weighted by Crippen LogP contribution is -2.44. The maximum Gasteiger partial charge on any atom is 0.191 e. The molecule has 1 atom stereocenters. The Morgan fingerprint density at radius 2 is 1.91 bits per heavy atom. The summed E-state index contributed by atoms with van der Waals surface area (Å²) < 4.78 is 26.6. The highest BCUT2D eigenvalue weighted by Gasteiger charge is 2.09. The number of nitrogens with one attached hydrogen (secondary N) is 2. The molecule has 0 saturated carbocycles. The molecule has 2 N–H and O–H groups in total. The van der Waals surface area contributed by atoms with Crippen LogP contribution in [0.1, 0.15) is 33.3 Å². The molecule has 1 rings (SSSR count). The Labute approximate surface area is 149 Å². The van der Waals surface area contributed by atoms with Crippen LogP contribution in [0.5, 0.6) is 0 Å². The van der Waals surface area contributed by atoms with E-state index in [1.165, 1.54) is 6.07 Å². The summed E-state index contributed by atoms with van der Waals surface area (Å²) in [6.07, 6.45) is 0.371. The van der Waals surface area contributed by atoms with Gasteiger partial charge in [-0.1, -0.05) is 13.8 Å². The minimum absolute atomic E-state index is 0. The fourth-order valence-electron chi connectivity index (χ4n) is 1.73. The number of benzene rings is 1. The number of rotatable bonds is 6. The van der Waals surface area contributed by atoms with Gasteiger partial charge in [0.2, 0.25) is 0 Å². The first-order chi connectivity index (χ1) is 9.93. The lowest BCUT2D eigenvalue weighted by atomic mass is 10.1. The zero-order chi connectivity index (χ0) is 15.8. The Morgan fingerprint density at radius 3 is 2.50 bits per heavy atom. The molecule has 0 amide bonds. The minimum atomic E-state index is -0.422. The predicted molar refractivity (Wildman–Crippen MR) is 98.9 cm³/mol. The van der Waals surface area contributed by atoms with E-state index in [2.05, 4.69) is 36.4 Å². The molecule has 0 bridgehead atoms. The third-order valence-electron chi connectivity index (χ3n) is 3.37. The summed E-state index contributed by atoms with van der Waals surface area (Å²) in [5.74, 6) is 0.374. The number of guanidine groups is 1. The predicted octanol–water partition coefficient (Wildman–Crippen LogP) is 3.72. The van der Waals surface area contributed by atoms with Gasteiger partial charge in [0, 0.05) is 19.1 Å². The molecule has 0 spiro atoms. The molecule has 0 aliphatic carbocycles. The molecule has 0 saturated heterocycles. The highest BCUT2D eigenvalue weighted by Crippen LogP contribution is 2.10. The number of halogens is 3. The Kier molecular flexibility index (Phi) is 10.3. The summed E-state index contributed by atoms with van der Waals surface area (Å²) in [7, 11) is 0. The fourth-order valence-corrected chi connectivity index (χ4v) is 1.73. The molecule has 0 heterocycles. The second-order valence-electron chi connectivity index (χ2n) is 5.42. The van der Waals surface area contributed by atoms with Crippen LogP contribution in [0, 0.1) is 17.6 Å². The molecule has 0 aliphatic rings. The average molecular weight is 425 g/mol. The van der Waals surface area contributed by atoms with E-state index in [0.29, 0.717) is 30.4 Å². The van der Waals surface area contributed by atoms with Gasteiger partial charge in [-0.25, -0.2) is 8.78 Å². The molecule has 1 aromatic carbocycles. The first kappa shape index (κ1) is 21.1. The van der Waals surface area contributed by atoms with E-state index in [1.54, 1.807) is 0 Å². The second kappa shape index (κ2) is 10.7. The van der Waals surface area contributed by atoms with Crippen molar-refractivity contribution in [3.05, 3.63) is 35.4 Å². The number of hydrogen-bond acceptors (Lipinski definition) is 1. The Balaban J connectivity index is 0.00000441. The molecule has 1 aromatic rings. The van der Waals surface area contributed by atoms with Crippen LogP contribution in [0.15, 0.2) is 23.2 Å². The van der Waals surface area contributed by atoms with E-state index in [9.17, 15) is 8.78 Å². The largest absolute Gasteiger partial charge is 0.357 e. The fraction of sp³-hybridized carbons (Fsp3) is 0.562. The monoisotopic (exact) mass is 425 g/mol. The minimum Gasteiger partial charge on any atom is -0.357 e. The maximum atomic E-state index is 13.5. The molecular weight excluding hydrogens is 399 g/mol. The molecule has 126 valence electrons. The van der Waals surface area contributed by atoms with Crippen molar-refractivity contribution in [3.63, 3.8) is 0 Å². The lowest BCUT2D eigenvalue weighted by molar-refractivity contribution is 0.481. The van der Waals surface area contributed by atoms with Crippen molar-refractivity contribution in [1.82, 2.24) is 10.6 Å². The van der Waals surface area contributed by atoms with E-state index in [-0.39, 0.29) is 35.8 Å². The van der Waals surface area contributed by atoms with E-state index in [0.717, 1.165) is 18.7 Å². The van der Waals surface area contributed by atoms with Crippen molar-refractivity contribution in [3.8, 4) is 0 Å². The maximum absolute atomic E-state index is 13.5. The Morgan fingerprint density at radius 1 is 1.23 bits per heavy atom. The summed E-state index contributed by atoms with van der Waals surface area (Å²) in [6.45, 7) is 9.49. The molecule has 22 heavy (non-hydrogen) atoms. The zero-order valence-electron chi connectivity index (χ0n) is 13.6. The van der Waals surface area contributed by atoms with Crippen LogP contribution >= 0.6 is 24.0 Å². The van der Waals surface area contributed by atoms with Crippen LogP contribution in [-0.2, 0) is 6.42 Å². The van der Waals surface area contributed by atoms with Crippen LogP contribution in [0.4, 0.5) is 8.78 Å². The van der Waals surface area contributed by atoms with Crippen molar-refractivity contribution in [2.45, 2.75) is 40.2 Å². The van der Waals surface area contributed by atoms with Crippen LogP contribution in [0.2, 0.25) is 0 Å². The smallest absolute Gasteiger partial charge is 0.191 e. The van der Waals surface area contributed by atoms with E-state index >= 15 is 0 Å². The summed E-state index contributed by atoms with van der Waals surface area (Å²) in [6, 6.07) is 3.78. The van der Waals surface area contributed by atoms with Gasteiger partial charge in [-0.05, 0) is 49.9 Å². The highest BCUT2D eigenvalue weighted by molar-refractivity contribution is 14.0. The molecule has 6 heteroatoms. The molecule has 0 aromatic heterocycles. The second-order valence-corrected chi connectivity index (χ2v) is 5.42. The Bertz CT molecular complexity index is 478. The summed E-state index contributed by atoms with van der Waals surface area (Å²) in [4.78, 5) is 4.41. The zero-order valence-corrected chi connectivity index (χ0v) is 15.9. The SMILES string of the molecule is CCNC(=NCCc1cc(F)ccc1F)NC(C)C(C)C.I. The third kappa shape index (κ3) is 7.38. The van der Waals surface area contributed by atoms with E-state index in [1.807, 2.05) is 6.92 Å². The number of hydrogen-bond donors (Lipinski definition) is 2. The number of nitrogens with zero attached hydrogens (tertiary/aromatic N) is 1. The average Bonchev–Trinajstić information content (AvgIpc) is 2.42. The third-order valence-corrected chi connectivity index (χ3v) is 3.37. The van der Waals surface area contributed by atoms with Gasteiger partial charge in [0.05, 0.1) is 0 Å². The van der Waals surface area contributed by atoms with Crippen molar-refractivity contribution in [1.29, 1.82) is 0 Å². The first-order valence-electron chi connectivity index (χ1n) is 7.42. The molecule has 0 aliphatic heterocycles. The van der Waals surface area contributed by atoms with Gasteiger partial charge in [0.25, 0.3) is 0 Å². The van der Waals surface area contributed by atoms with E-state index < -0.39 is 5.82 Å². The highest BCUT2D eigenvalue weighted by atomic mass is 127. The summed E-state index contributed by atoms with van der Waals surface area (Å²) in [5.41, 5.74) is 0.353. The van der Waals surface area contributed by atoms with Crippen LogP contribution < -0.4 is 10.6 Å². The lowest BCUT2D eigenvalue weighted by Gasteiger charge is -2.20. The van der Waals surface area contributed by atoms with Crippen molar-refractivity contribution in [2.24, 2.45) is 10.9 Å². The van der Waals surface area contributed by atoms with Gasteiger partial charge in [-0.15, -0.1) is 24.0 Å². The molecule has 1 unspecified atom stereocenters. The first-order valence-corrected chi connectivity index (χ1v) is 7.42. The van der Waals surface area contributed by atoms with Gasteiger partial charge in [0.15, 0.2) is 5.96 Å². The van der Waals surface area contributed by atoms with E-state index in [4.69, 9.17) is 0 Å². The Hall–Kier alpha value is -0.920. The quantitative estimate of drug-likeness (QED) is 0.414. The molecular formula is C16H26F2IN3. The molecule has 0 fully saturated rings. The number of aliphatic imine (C=N–C) groups is 1. The van der Waals surface area contributed by atoms with Gasteiger partial charge in [0.1, 0.15) is 11.6 Å². The van der Waals surface area contributed by atoms with Crippen molar-refractivity contribution in [2.75, 3.05) is 13.1 Å². The van der Waals surface area contributed by atoms with Crippen LogP contribution in [-0.4, -0.2) is 25.1 Å². The van der Waals surface area contributed by atoms with Crippen LogP contribution in [0.3, 0.4) is 0 Å². The van der Waals surface area contributed by atoms with Gasteiger partial charge in [-0.3, -0.25) is 4.99 Å². The van der Waals surface area contributed by atoms with Gasteiger partial charge >= 0.3 is 0 Å². The molecule has 0 radical (unpaired) electrons. The van der Waals surface area contributed by atoms with Crippen molar-refractivity contribution < 1.29 is 8.78 Å². The summed E-state index contributed by atoms with van der Waals surface area (Å²) in [5, 5.41) is 6.45. The van der Waals surface area contributed by atoms with Crippen LogP contribution in [0.25, 0.3) is 0 Å². The standard InChI is InChI=1S/C16H25F2N3.HI/c1-5-19-16(21-12(4)11(2)3)20-9-8-13-10-14(17)6-7-15(13)18;/h6-7,10-12H,5,8-9H2,1-4H3,(H2,19,20,21);1H. The van der Waals surface area contributed by atoms with Gasteiger partial charge < -0.3 is 10.6 Å². The van der Waals surface area contributed by atoms with Gasteiger partial charge in [-0.2, -0.15) is 0 Å². The molecule has 3 nitrogen and oxygen atoms in total. The normalized spacial score (nSPS) is 12.8. The topological polar surface area (TPSA) is 36.4 Å².